The van der Waals surface area contributed by atoms with Crippen molar-refractivity contribution in [3.63, 3.8) is 0 Å². The van der Waals surface area contributed by atoms with E-state index >= 15 is 0 Å². The number of ether oxygens (including phenoxy) is 1. The number of sulfonamides is 1. The van der Waals surface area contributed by atoms with Gasteiger partial charge in [-0.05, 0) is 36.6 Å². The molecule has 1 aliphatic heterocycles. The molecule has 0 bridgehead atoms. The lowest BCUT2D eigenvalue weighted by molar-refractivity contribution is 0.147. The number of fused-ring (bicyclic) bond motifs is 1. The van der Waals surface area contributed by atoms with Gasteiger partial charge in [0.15, 0.2) is 5.82 Å². The summed E-state index contributed by atoms with van der Waals surface area (Å²) >= 11 is 6.41. The number of benzene rings is 1. The van der Waals surface area contributed by atoms with Gasteiger partial charge in [-0.2, -0.15) is 4.98 Å². The number of anilines is 4. The molecular weight excluding hydrogens is 502 g/mol. The normalized spacial score (nSPS) is 21.1. The number of hydrogen-bond acceptors (Lipinski definition) is 9. The van der Waals surface area contributed by atoms with Crippen molar-refractivity contribution in [3.8, 4) is 0 Å². The molecule has 4 rings (SSSR count). The molecule has 0 amide bonds. The Labute approximate surface area is 218 Å². The minimum atomic E-state index is -3.31. The van der Waals surface area contributed by atoms with Crippen LogP contribution in [-0.2, 0) is 21.3 Å². The highest BCUT2D eigenvalue weighted by Crippen LogP contribution is 2.30. The fraction of sp³-hybridized carbons (Fsp3) is 0.583. The molecule has 2 atom stereocenters. The summed E-state index contributed by atoms with van der Waals surface area (Å²) in [4.78, 5) is 13.6. The van der Waals surface area contributed by atoms with E-state index in [1.165, 1.54) is 17.5 Å². The van der Waals surface area contributed by atoms with Gasteiger partial charge < -0.3 is 20.3 Å². The number of halogens is 1. The Bertz CT molecular complexity index is 1150. The van der Waals surface area contributed by atoms with E-state index in [4.69, 9.17) is 16.3 Å². The van der Waals surface area contributed by atoms with Crippen molar-refractivity contribution in [1.29, 1.82) is 0 Å². The van der Waals surface area contributed by atoms with Gasteiger partial charge in [-0.15, -0.1) is 0 Å². The van der Waals surface area contributed by atoms with E-state index in [1.54, 1.807) is 13.3 Å². The fourth-order valence-electron chi connectivity index (χ4n) is 4.86. The monoisotopic (exact) mass is 537 g/mol. The zero-order valence-corrected chi connectivity index (χ0v) is 22.7. The predicted molar refractivity (Wildman–Crippen MR) is 145 cm³/mol. The van der Waals surface area contributed by atoms with Crippen LogP contribution in [0.1, 0.15) is 31.2 Å². The number of rotatable bonds is 9. The van der Waals surface area contributed by atoms with E-state index < -0.39 is 10.0 Å². The van der Waals surface area contributed by atoms with Gasteiger partial charge in [0.05, 0.1) is 19.1 Å². The van der Waals surface area contributed by atoms with Crippen LogP contribution >= 0.6 is 11.6 Å². The minimum Gasteiger partial charge on any atom is -0.383 e. The molecule has 0 radical (unpaired) electrons. The average molecular weight is 538 g/mol. The summed E-state index contributed by atoms with van der Waals surface area (Å²) in [7, 11) is 0.529. The molecule has 2 aliphatic rings. The lowest BCUT2D eigenvalue weighted by atomic mass is 9.91. The van der Waals surface area contributed by atoms with Crippen molar-refractivity contribution in [2.45, 2.75) is 44.3 Å². The highest BCUT2D eigenvalue weighted by atomic mass is 35.5. The molecule has 1 aromatic heterocycles. The molecule has 12 heteroatoms. The lowest BCUT2D eigenvalue weighted by Gasteiger charge is -2.32. The number of nitrogens with one attached hydrogen (secondary N) is 3. The van der Waals surface area contributed by atoms with Gasteiger partial charge >= 0.3 is 0 Å². The van der Waals surface area contributed by atoms with Crippen molar-refractivity contribution in [2.24, 2.45) is 0 Å². The highest BCUT2D eigenvalue weighted by Gasteiger charge is 2.28. The summed E-state index contributed by atoms with van der Waals surface area (Å²) in [6.07, 6.45) is 6.33. The smallest absolute Gasteiger partial charge is 0.229 e. The average Bonchev–Trinajstić information content (AvgIpc) is 2.98. The largest absolute Gasteiger partial charge is 0.383 e. The number of methoxy groups -OCH3 is 1. The number of nitrogens with zero attached hydrogens (tertiary/aromatic N) is 4. The maximum absolute atomic E-state index is 11.8. The molecule has 0 saturated heterocycles. The quantitative estimate of drug-likeness (QED) is 0.444. The Kier molecular flexibility index (Phi) is 8.89. The van der Waals surface area contributed by atoms with E-state index in [0.29, 0.717) is 23.4 Å². The number of aromatic nitrogens is 2. The Morgan fingerprint density at radius 1 is 1.19 bits per heavy atom. The molecule has 2 heterocycles. The van der Waals surface area contributed by atoms with Crippen LogP contribution in [0.4, 0.5) is 23.1 Å². The topological polar surface area (TPSA) is 112 Å². The predicted octanol–water partition coefficient (Wildman–Crippen LogP) is 3.04. The molecule has 3 N–H and O–H groups in total. The summed E-state index contributed by atoms with van der Waals surface area (Å²) in [5, 5.41) is 7.06. The SMILES string of the molecule is COCCN1CCN(C)c2ccc(Nc3ncc(Cl)c(N[C@@H]4CCCC[C@H]4NS(C)(=O)=O)n3)cc2C1. The third-order valence-corrected chi connectivity index (χ3v) is 7.71. The molecule has 1 aromatic carbocycles. The van der Waals surface area contributed by atoms with Crippen LogP contribution in [0, 0.1) is 0 Å². The molecule has 1 saturated carbocycles. The summed E-state index contributed by atoms with van der Waals surface area (Å²) in [5.74, 6) is 0.907. The van der Waals surface area contributed by atoms with Crippen LogP contribution < -0.4 is 20.3 Å². The highest BCUT2D eigenvalue weighted by molar-refractivity contribution is 7.88. The van der Waals surface area contributed by atoms with Crippen molar-refractivity contribution < 1.29 is 13.2 Å². The van der Waals surface area contributed by atoms with Crippen molar-refractivity contribution in [3.05, 3.63) is 35.0 Å². The van der Waals surface area contributed by atoms with E-state index in [9.17, 15) is 8.42 Å². The lowest BCUT2D eigenvalue weighted by Crippen LogP contribution is -2.48. The standard InChI is InChI=1S/C24H36ClN7O3S/c1-31-10-11-32(12-13-35-2)16-17-14-18(8-9-22(17)31)27-24-26-15-19(25)23(29-24)28-20-6-4-5-7-21(20)30-36(3,33)34/h8-9,14-15,20-21,30H,4-7,10-13,16H2,1-3H3,(H2,26,27,28,29)/t20-,21-/m1/s1. The first-order valence-electron chi connectivity index (χ1n) is 12.3. The summed E-state index contributed by atoms with van der Waals surface area (Å²) in [6.45, 7) is 4.35. The Balaban J connectivity index is 1.50. The van der Waals surface area contributed by atoms with Crippen LogP contribution in [0.5, 0.6) is 0 Å². The van der Waals surface area contributed by atoms with Crippen molar-refractivity contribution in [2.75, 3.05) is 62.2 Å². The van der Waals surface area contributed by atoms with E-state index in [1.807, 2.05) is 6.07 Å². The summed E-state index contributed by atoms with van der Waals surface area (Å²) < 4.78 is 31.7. The van der Waals surface area contributed by atoms with Crippen molar-refractivity contribution >= 4 is 44.8 Å². The molecule has 10 nitrogen and oxygen atoms in total. The van der Waals surface area contributed by atoms with Gasteiger partial charge in [0, 0.05) is 63.8 Å². The molecule has 36 heavy (non-hydrogen) atoms. The van der Waals surface area contributed by atoms with Gasteiger partial charge in [0.25, 0.3) is 0 Å². The first kappa shape index (κ1) is 26.9. The first-order chi connectivity index (χ1) is 17.2. The number of likely N-dealkylation sites (N-methyl/N-ethyl adjacent to an activating group) is 1. The maximum Gasteiger partial charge on any atom is 0.229 e. The second kappa shape index (κ2) is 11.9. The Morgan fingerprint density at radius 3 is 2.72 bits per heavy atom. The second-order valence-electron chi connectivity index (χ2n) is 9.58. The number of hydrogen-bond donors (Lipinski definition) is 3. The molecule has 2 aromatic rings. The van der Waals surface area contributed by atoms with Gasteiger partial charge in [-0.25, -0.2) is 18.1 Å². The minimum absolute atomic E-state index is 0.102. The first-order valence-corrected chi connectivity index (χ1v) is 14.6. The molecule has 0 unspecified atom stereocenters. The molecule has 198 valence electrons. The van der Waals surface area contributed by atoms with Gasteiger partial charge in [0.2, 0.25) is 16.0 Å². The molecule has 1 fully saturated rings. The van der Waals surface area contributed by atoms with Crippen LogP contribution in [0.3, 0.4) is 0 Å². The molecular formula is C24H36ClN7O3S. The summed E-state index contributed by atoms with van der Waals surface area (Å²) in [6, 6.07) is 5.97. The molecule has 0 spiro atoms. The van der Waals surface area contributed by atoms with E-state index in [-0.39, 0.29) is 12.1 Å². The van der Waals surface area contributed by atoms with E-state index in [0.717, 1.165) is 57.5 Å². The van der Waals surface area contributed by atoms with Crippen LogP contribution in [0.25, 0.3) is 0 Å². The fourth-order valence-corrected chi connectivity index (χ4v) is 5.84. The molecule has 1 aliphatic carbocycles. The van der Waals surface area contributed by atoms with Crippen LogP contribution in [-0.4, -0.2) is 82.0 Å². The summed E-state index contributed by atoms with van der Waals surface area (Å²) in [5.41, 5.74) is 3.32. The Hall–Kier alpha value is -2.18. The van der Waals surface area contributed by atoms with Gasteiger partial charge in [-0.3, -0.25) is 4.90 Å². The van der Waals surface area contributed by atoms with E-state index in [2.05, 4.69) is 54.3 Å². The zero-order chi connectivity index (χ0) is 25.7. The van der Waals surface area contributed by atoms with Gasteiger partial charge in [0.1, 0.15) is 5.02 Å². The Morgan fingerprint density at radius 2 is 1.97 bits per heavy atom. The van der Waals surface area contributed by atoms with Gasteiger partial charge in [-0.1, -0.05) is 24.4 Å². The van der Waals surface area contributed by atoms with Crippen LogP contribution in [0.2, 0.25) is 5.02 Å². The zero-order valence-electron chi connectivity index (χ0n) is 21.1. The maximum atomic E-state index is 11.8. The van der Waals surface area contributed by atoms with Crippen molar-refractivity contribution in [1.82, 2.24) is 19.6 Å². The third-order valence-electron chi connectivity index (χ3n) is 6.70. The second-order valence-corrected chi connectivity index (χ2v) is 11.8. The third kappa shape index (κ3) is 7.19. The van der Waals surface area contributed by atoms with Crippen LogP contribution in [0.15, 0.2) is 24.4 Å².